The molecule has 12 heavy (non-hydrogen) atoms. The minimum Gasteiger partial charge on any atom is -0.323 e. The molecule has 0 saturated heterocycles. The van der Waals surface area contributed by atoms with Crippen molar-refractivity contribution in [3.63, 3.8) is 0 Å². The van der Waals surface area contributed by atoms with Gasteiger partial charge in [-0.2, -0.15) is 0 Å². The molecule has 0 spiro atoms. The molecule has 3 nitrogen and oxygen atoms in total. The fourth-order valence-corrected chi connectivity index (χ4v) is 1.34. The van der Waals surface area contributed by atoms with Gasteiger partial charge in [-0.3, -0.25) is 0 Å². The average molecular weight is 161 g/mol. The van der Waals surface area contributed by atoms with Crippen LogP contribution in [0, 0.1) is 0 Å². The molecule has 0 radical (unpaired) electrons. The highest BCUT2D eigenvalue weighted by molar-refractivity contribution is 5.46. The summed E-state index contributed by atoms with van der Waals surface area (Å²) in [7, 11) is 0. The molecule has 0 amide bonds. The molecule has 0 aromatic carbocycles. The monoisotopic (exact) mass is 161 g/mol. The van der Waals surface area contributed by atoms with Crippen molar-refractivity contribution in [2.75, 3.05) is 0 Å². The maximum absolute atomic E-state index is 5.79. The van der Waals surface area contributed by atoms with Crippen LogP contribution < -0.4 is 5.73 Å². The lowest BCUT2D eigenvalue weighted by Gasteiger charge is -2.07. The van der Waals surface area contributed by atoms with E-state index in [1.54, 1.807) is 6.33 Å². The molecule has 0 aliphatic rings. The average Bonchev–Trinajstić information content (AvgIpc) is 2.49. The number of hydrogen-bond acceptors (Lipinski definition) is 2. The molecule has 0 bridgehead atoms. The Morgan fingerprint density at radius 1 is 1.50 bits per heavy atom. The van der Waals surface area contributed by atoms with Gasteiger partial charge in [0, 0.05) is 11.7 Å². The Hall–Kier alpha value is -1.35. The Balaban J connectivity index is 2.73. The molecule has 2 rings (SSSR count). The Labute approximate surface area is 70.8 Å². The summed E-state index contributed by atoms with van der Waals surface area (Å²) < 4.78 is 2.00. The molecule has 2 N–H and O–H groups in total. The summed E-state index contributed by atoms with van der Waals surface area (Å²) in [5.41, 5.74) is 7.97. The van der Waals surface area contributed by atoms with E-state index >= 15 is 0 Å². The zero-order chi connectivity index (χ0) is 8.55. The summed E-state index contributed by atoms with van der Waals surface area (Å²) in [4.78, 5) is 4.05. The molecule has 0 aliphatic carbocycles. The number of aromatic nitrogens is 2. The van der Waals surface area contributed by atoms with Crippen LogP contribution >= 0.6 is 0 Å². The molecule has 0 aliphatic heterocycles. The Morgan fingerprint density at radius 3 is 3.08 bits per heavy atom. The van der Waals surface area contributed by atoms with Crippen LogP contribution in [-0.2, 0) is 0 Å². The molecule has 0 fully saturated rings. The molecule has 1 unspecified atom stereocenters. The minimum absolute atomic E-state index is 0.0444. The van der Waals surface area contributed by atoms with E-state index in [0.717, 1.165) is 11.2 Å². The van der Waals surface area contributed by atoms with Crippen molar-refractivity contribution in [2.24, 2.45) is 5.73 Å². The largest absolute Gasteiger partial charge is 0.323 e. The second-order valence-electron chi connectivity index (χ2n) is 2.93. The van der Waals surface area contributed by atoms with Crippen molar-refractivity contribution >= 4 is 5.52 Å². The third kappa shape index (κ3) is 0.987. The standard InChI is InChI=1S/C9H11N3/c1-7(10)9-4-2-3-8-5-11-6-12(8)9/h2-7H,10H2,1H3. The van der Waals surface area contributed by atoms with Gasteiger partial charge in [-0.25, -0.2) is 4.98 Å². The number of imidazole rings is 1. The molecular formula is C9H11N3. The summed E-state index contributed by atoms with van der Waals surface area (Å²) in [5, 5.41) is 0. The van der Waals surface area contributed by atoms with Gasteiger partial charge in [-0.1, -0.05) is 6.07 Å². The van der Waals surface area contributed by atoms with Gasteiger partial charge in [0.15, 0.2) is 0 Å². The molecule has 62 valence electrons. The van der Waals surface area contributed by atoms with Crippen LogP contribution in [0.3, 0.4) is 0 Å². The van der Waals surface area contributed by atoms with E-state index in [4.69, 9.17) is 5.73 Å². The number of nitrogens with zero attached hydrogens (tertiary/aromatic N) is 2. The quantitative estimate of drug-likeness (QED) is 0.686. The van der Waals surface area contributed by atoms with Crippen molar-refractivity contribution in [2.45, 2.75) is 13.0 Å². The minimum atomic E-state index is 0.0444. The van der Waals surface area contributed by atoms with E-state index in [0.29, 0.717) is 0 Å². The van der Waals surface area contributed by atoms with Gasteiger partial charge >= 0.3 is 0 Å². The van der Waals surface area contributed by atoms with Crippen LogP contribution in [0.4, 0.5) is 0 Å². The first-order chi connectivity index (χ1) is 5.79. The summed E-state index contributed by atoms with van der Waals surface area (Å²) in [6, 6.07) is 6.07. The number of nitrogens with two attached hydrogens (primary N) is 1. The lowest BCUT2D eigenvalue weighted by Crippen LogP contribution is -2.09. The zero-order valence-corrected chi connectivity index (χ0v) is 6.94. The van der Waals surface area contributed by atoms with Gasteiger partial charge in [0.25, 0.3) is 0 Å². The summed E-state index contributed by atoms with van der Waals surface area (Å²) in [6.07, 6.45) is 3.61. The molecule has 1 atom stereocenters. The SMILES string of the molecule is CC(N)c1cccc2cncn12. The van der Waals surface area contributed by atoms with Crippen LogP contribution in [0.15, 0.2) is 30.7 Å². The van der Waals surface area contributed by atoms with Crippen molar-refractivity contribution in [1.29, 1.82) is 0 Å². The molecular weight excluding hydrogens is 150 g/mol. The highest BCUT2D eigenvalue weighted by Crippen LogP contribution is 2.11. The summed E-state index contributed by atoms with van der Waals surface area (Å²) in [5.74, 6) is 0. The number of fused-ring (bicyclic) bond motifs is 1. The van der Waals surface area contributed by atoms with E-state index in [1.165, 1.54) is 0 Å². The smallest absolute Gasteiger partial charge is 0.0994 e. The van der Waals surface area contributed by atoms with Crippen molar-refractivity contribution in [3.05, 3.63) is 36.4 Å². The van der Waals surface area contributed by atoms with E-state index < -0.39 is 0 Å². The predicted molar refractivity (Wildman–Crippen MR) is 47.8 cm³/mol. The highest BCUT2D eigenvalue weighted by atomic mass is 15.0. The third-order valence-electron chi connectivity index (χ3n) is 1.95. The van der Waals surface area contributed by atoms with Crippen molar-refractivity contribution in [1.82, 2.24) is 9.38 Å². The maximum atomic E-state index is 5.79. The normalized spacial score (nSPS) is 13.5. The van der Waals surface area contributed by atoms with Crippen LogP contribution in [0.5, 0.6) is 0 Å². The Bertz CT molecular complexity index is 389. The number of rotatable bonds is 1. The molecule has 0 saturated carbocycles. The van der Waals surface area contributed by atoms with Gasteiger partial charge in [0.05, 0.1) is 18.0 Å². The number of pyridine rings is 1. The highest BCUT2D eigenvalue weighted by Gasteiger charge is 2.03. The van der Waals surface area contributed by atoms with Gasteiger partial charge < -0.3 is 10.1 Å². The van der Waals surface area contributed by atoms with E-state index in [-0.39, 0.29) is 6.04 Å². The van der Waals surface area contributed by atoms with E-state index in [1.807, 2.05) is 35.7 Å². The van der Waals surface area contributed by atoms with Crippen molar-refractivity contribution in [3.8, 4) is 0 Å². The predicted octanol–water partition coefficient (Wildman–Crippen LogP) is 1.35. The topological polar surface area (TPSA) is 43.3 Å². The fourth-order valence-electron chi connectivity index (χ4n) is 1.34. The Kier molecular flexibility index (Phi) is 1.59. The lowest BCUT2D eigenvalue weighted by atomic mass is 10.2. The third-order valence-corrected chi connectivity index (χ3v) is 1.95. The fraction of sp³-hybridized carbons (Fsp3) is 0.222. The van der Waals surface area contributed by atoms with E-state index in [2.05, 4.69) is 4.98 Å². The molecule has 2 heterocycles. The van der Waals surface area contributed by atoms with Gasteiger partial charge in [-0.15, -0.1) is 0 Å². The maximum Gasteiger partial charge on any atom is 0.0994 e. The van der Waals surface area contributed by atoms with Gasteiger partial charge in [0.2, 0.25) is 0 Å². The zero-order valence-electron chi connectivity index (χ0n) is 6.94. The molecule has 2 aromatic heterocycles. The van der Waals surface area contributed by atoms with Crippen molar-refractivity contribution < 1.29 is 0 Å². The first-order valence-electron chi connectivity index (χ1n) is 3.95. The second-order valence-corrected chi connectivity index (χ2v) is 2.93. The summed E-state index contributed by atoms with van der Waals surface area (Å²) >= 11 is 0. The van der Waals surface area contributed by atoms with Crippen LogP contribution in [0.25, 0.3) is 5.52 Å². The van der Waals surface area contributed by atoms with Gasteiger partial charge in [0.1, 0.15) is 0 Å². The molecule has 3 heteroatoms. The van der Waals surface area contributed by atoms with Crippen LogP contribution in [0.2, 0.25) is 0 Å². The lowest BCUT2D eigenvalue weighted by molar-refractivity contribution is 0.762. The second kappa shape index (κ2) is 2.60. The summed E-state index contributed by atoms with van der Waals surface area (Å²) in [6.45, 7) is 1.97. The number of hydrogen-bond donors (Lipinski definition) is 1. The Morgan fingerprint density at radius 2 is 2.33 bits per heavy atom. The van der Waals surface area contributed by atoms with E-state index in [9.17, 15) is 0 Å². The van der Waals surface area contributed by atoms with Crippen LogP contribution in [-0.4, -0.2) is 9.38 Å². The first kappa shape index (κ1) is 7.31. The molecule has 2 aromatic rings. The van der Waals surface area contributed by atoms with Crippen LogP contribution in [0.1, 0.15) is 18.7 Å². The first-order valence-corrected chi connectivity index (χ1v) is 3.95. The van der Waals surface area contributed by atoms with Gasteiger partial charge in [-0.05, 0) is 19.1 Å².